The molecule has 0 aliphatic carbocycles. The van der Waals surface area contributed by atoms with Gasteiger partial charge in [-0.3, -0.25) is 4.79 Å². The molecule has 1 heterocycles. The van der Waals surface area contributed by atoms with Crippen LogP contribution >= 0.6 is 0 Å². The summed E-state index contributed by atoms with van der Waals surface area (Å²) in [5.41, 5.74) is 1.04. The Morgan fingerprint density at radius 2 is 1.83 bits per heavy atom. The predicted molar refractivity (Wildman–Crippen MR) is 88.2 cm³/mol. The number of carbonyl (C=O) groups excluding carboxylic acids is 1. The average molecular weight is 322 g/mol. The number of hydrogen-bond acceptors (Lipinski definition) is 5. The first-order valence-electron chi connectivity index (χ1n) is 7.89. The van der Waals surface area contributed by atoms with Gasteiger partial charge in [0.05, 0.1) is 21.3 Å². The van der Waals surface area contributed by atoms with Crippen molar-refractivity contribution >= 4 is 5.91 Å². The van der Waals surface area contributed by atoms with Crippen LogP contribution in [0.1, 0.15) is 25.3 Å². The van der Waals surface area contributed by atoms with Crippen molar-refractivity contribution in [2.75, 3.05) is 34.4 Å². The molecule has 23 heavy (non-hydrogen) atoms. The van der Waals surface area contributed by atoms with Crippen LogP contribution in [0.2, 0.25) is 0 Å². The molecule has 0 unspecified atom stereocenters. The molecule has 6 nitrogen and oxygen atoms in total. The third-order valence-electron chi connectivity index (χ3n) is 4.04. The van der Waals surface area contributed by atoms with Crippen LogP contribution in [0.25, 0.3) is 0 Å². The lowest BCUT2D eigenvalue weighted by molar-refractivity contribution is -0.127. The molecule has 1 aliphatic heterocycles. The van der Waals surface area contributed by atoms with Crippen LogP contribution in [-0.2, 0) is 11.3 Å². The van der Waals surface area contributed by atoms with Gasteiger partial charge in [0.15, 0.2) is 11.5 Å². The number of nitrogens with one attached hydrogen (secondary N) is 1. The van der Waals surface area contributed by atoms with E-state index in [4.69, 9.17) is 14.2 Å². The van der Waals surface area contributed by atoms with E-state index >= 15 is 0 Å². The summed E-state index contributed by atoms with van der Waals surface area (Å²) in [4.78, 5) is 13.6. The van der Waals surface area contributed by atoms with Crippen molar-refractivity contribution in [3.63, 3.8) is 0 Å². The van der Waals surface area contributed by atoms with Crippen molar-refractivity contribution in [2.24, 2.45) is 0 Å². The fraction of sp³-hybridized carbons (Fsp3) is 0.588. The molecular weight excluding hydrogens is 296 g/mol. The number of nitrogens with zero attached hydrogens (tertiary/aromatic N) is 1. The summed E-state index contributed by atoms with van der Waals surface area (Å²) in [6.45, 7) is 4.36. The van der Waals surface area contributed by atoms with Gasteiger partial charge in [-0.2, -0.15) is 0 Å². The minimum absolute atomic E-state index is 0.219. The molecule has 0 bridgehead atoms. The molecule has 0 radical (unpaired) electrons. The van der Waals surface area contributed by atoms with Gasteiger partial charge >= 0.3 is 0 Å². The Labute approximate surface area is 137 Å². The zero-order valence-electron chi connectivity index (χ0n) is 14.3. The number of benzene rings is 1. The van der Waals surface area contributed by atoms with E-state index in [-0.39, 0.29) is 11.9 Å². The van der Waals surface area contributed by atoms with Gasteiger partial charge in [0.2, 0.25) is 11.7 Å². The molecule has 0 spiro atoms. The number of rotatable bonds is 8. The Balaban J connectivity index is 1.98. The molecular formula is C17H26N2O4. The summed E-state index contributed by atoms with van der Waals surface area (Å²) in [6.07, 6.45) is 1.65. The van der Waals surface area contributed by atoms with Crippen molar-refractivity contribution < 1.29 is 19.0 Å². The molecule has 1 aliphatic rings. The molecule has 1 amide bonds. The first-order valence-corrected chi connectivity index (χ1v) is 7.89. The molecule has 1 aromatic rings. The fourth-order valence-electron chi connectivity index (χ4n) is 2.82. The molecule has 0 aromatic heterocycles. The molecule has 1 N–H and O–H groups in total. The normalized spacial score (nSPS) is 15.7. The van der Waals surface area contributed by atoms with E-state index in [1.165, 1.54) is 0 Å². The van der Waals surface area contributed by atoms with Crippen LogP contribution in [0.15, 0.2) is 12.1 Å². The SMILES string of the molecule is COc1cc(CN[C@@H](C)CN2CCCC2=O)cc(OC)c1OC. The maximum absolute atomic E-state index is 11.7. The van der Waals surface area contributed by atoms with Gasteiger partial charge in [-0.1, -0.05) is 0 Å². The fourth-order valence-corrected chi connectivity index (χ4v) is 2.82. The van der Waals surface area contributed by atoms with Gasteiger partial charge in [0.25, 0.3) is 0 Å². The molecule has 2 rings (SSSR count). The van der Waals surface area contributed by atoms with E-state index < -0.39 is 0 Å². The number of amides is 1. The summed E-state index contributed by atoms with van der Waals surface area (Å²) in [5, 5.41) is 3.44. The topological polar surface area (TPSA) is 60.0 Å². The predicted octanol–water partition coefficient (Wildman–Crippen LogP) is 1.81. The Morgan fingerprint density at radius 1 is 1.17 bits per heavy atom. The quantitative estimate of drug-likeness (QED) is 0.791. The second-order valence-corrected chi connectivity index (χ2v) is 5.76. The number of likely N-dealkylation sites (tertiary alicyclic amines) is 1. The molecule has 1 saturated heterocycles. The molecule has 1 atom stereocenters. The van der Waals surface area contributed by atoms with Gasteiger partial charge < -0.3 is 24.4 Å². The van der Waals surface area contributed by atoms with E-state index in [0.717, 1.165) is 25.1 Å². The van der Waals surface area contributed by atoms with Crippen LogP contribution in [0.4, 0.5) is 0 Å². The van der Waals surface area contributed by atoms with Crippen molar-refractivity contribution in [1.29, 1.82) is 0 Å². The van der Waals surface area contributed by atoms with Gasteiger partial charge in [0, 0.05) is 32.1 Å². The number of carbonyl (C=O) groups is 1. The highest BCUT2D eigenvalue weighted by molar-refractivity contribution is 5.78. The standard InChI is InChI=1S/C17H26N2O4/c1-12(11-19-7-5-6-16(19)20)18-10-13-8-14(21-2)17(23-4)15(9-13)22-3/h8-9,12,18H,5-7,10-11H2,1-4H3/t12-/m0/s1. The Bertz CT molecular complexity index is 522. The van der Waals surface area contributed by atoms with E-state index in [1.54, 1.807) is 21.3 Å². The average Bonchev–Trinajstić information content (AvgIpc) is 2.96. The largest absolute Gasteiger partial charge is 0.493 e. The third kappa shape index (κ3) is 4.28. The van der Waals surface area contributed by atoms with Gasteiger partial charge in [-0.15, -0.1) is 0 Å². The van der Waals surface area contributed by atoms with E-state index in [2.05, 4.69) is 12.2 Å². The lowest BCUT2D eigenvalue weighted by atomic mass is 10.1. The van der Waals surface area contributed by atoms with Gasteiger partial charge in [0.1, 0.15) is 0 Å². The Kier molecular flexibility index (Phi) is 6.10. The maximum atomic E-state index is 11.7. The highest BCUT2D eigenvalue weighted by Crippen LogP contribution is 2.38. The zero-order chi connectivity index (χ0) is 16.8. The Morgan fingerprint density at radius 3 is 2.30 bits per heavy atom. The number of ether oxygens (including phenoxy) is 3. The lowest BCUT2D eigenvalue weighted by Crippen LogP contribution is -2.39. The van der Waals surface area contributed by atoms with Crippen LogP contribution in [0.3, 0.4) is 0 Å². The maximum Gasteiger partial charge on any atom is 0.222 e. The molecule has 1 aromatic carbocycles. The summed E-state index contributed by atoms with van der Waals surface area (Å²) < 4.78 is 16.0. The van der Waals surface area contributed by atoms with E-state index in [1.807, 2.05) is 17.0 Å². The van der Waals surface area contributed by atoms with Crippen molar-refractivity contribution in [3.8, 4) is 17.2 Å². The second-order valence-electron chi connectivity index (χ2n) is 5.76. The summed E-state index contributed by atoms with van der Waals surface area (Å²) in [7, 11) is 4.81. The minimum atomic E-state index is 0.219. The molecule has 6 heteroatoms. The summed E-state index contributed by atoms with van der Waals surface area (Å²) >= 11 is 0. The van der Waals surface area contributed by atoms with Crippen LogP contribution in [0.5, 0.6) is 17.2 Å². The number of hydrogen-bond donors (Lipinski definition) is 1. The minimum Gasteiger partial charge on any atom is -0.493 e. The van der Waals surface area contributed by atoms with Crippen molar-refractivity contribution in [1.82, 2.24) is 10.2 Å². The third-order valence-corrected chi connectivity index (χ3v) is 4.04. The zero-order valence-corrected chi connectivity index (χ0v) is 14.3. The first-order chi connectivity index (χ1) is 11.1. The summed E-state index contributed by atoms with van der Waals surface area (Å²) in [5.74, 6) is 2.14. The van der Waals surface area contributed by atoms with Gasteiger partial charge in [-0.25, -0.2) is 0 Å². The van der Waals surface area contributed by atoms with Crippen LogP contribution in [-0.4, -0.2) is 51.3 Å². The van der Waals surface area contributed by atoms with Crippen molar-refractivity contribution in [2.45, 2.75) is 32.4 Å². The van der Waals surface area contributed by atoms with Crippen LogP contribution in [0, 0.1) is 0 Å². The molecule has 0 saturated carbocycles. The highest BCUT2D eigenvalue weighted by atomic mass is 16.5. The van der Waals surface area contributed by atoms with E-state index in [9.17, 15) is 4.79 Å². The van der Waals surface area contributed by atoms with Crippen LogP contribution < -0.4 is 19.5 Å². The monoisotopic (exact) mass is 322 g/mol. The lowest BCUT2D eigenvalue weighted by Gasteiger charge is -2.22. The first kappa shape index (κ1) is 17.4. The van der Waals surface area contributed by atoms with E-state index in [0.29, 0.717) is 30.2 Å². The number of methoxy groups -OCH3 is 3. The summed E-state index contributed by atoms with van der Waals surface area (Å²) in [6, 6.07) is 4.08. The molecule has 128 valence electrons. The second kappa shape index (κ2) is 8.06. The van der Waals surface area contributed by atoms with Gasteiger partial charge in [-0.05, 0) is 31.0 Å². The highest BCUT2D eigenvalue weighted by Gasteiger charge is 2.21. The smallest absolute Gasteiger partial charge is 0.222 e. The van der Waals surface area contributed by atoms with Crippen molar-refractivity contribution in [3.05, 3.63) is 17.7 Å². The Hall–Kier alpha value is -1.95. The molecule has 1 fully saturated rings.